The van der Waals surface area contributed by atoms with Crippen LogP contribution in [0, 0.1) is 13.8 Å². The van der Waals surface area contributed by atoms with Crippen molar-refractivity contribution in [3.63, 3.8) is 0 Å². The Labute approximate surface area is 85.4 Å². The summed E-state index contributed by atoms with van der Waals surface area (Å²) in [5, 5.41) is 0. The number of rotatable bonds is 1. The molecule has 0 aliphatic carbocycles. The van der Waals surface area contributed by atoms with E-state index in [1.54, 1.807) is 0 Å². The summed E-state index contributed by atoms with van der Waals surface area (Å²) in [6, 6.07) is 6.64. The zero-order chi connectivity index (χ0) is 9.97. The molecule has 0 N–H and O–H groups in total. The Kier molecular flexibility index (Phi) is 2.40. The van der Waals surface area contributed by atoms with Crippen LogP contribution in [0.25, 0.3) is 0 Å². The van der Waals surface area contributed by atoms with Crippen LogP contribution in [0.15, 0.2) is 42.6 Å². The molecule has 0 saturated heterocycles. The van der Waals surface area contributed by atoms with Gasteiger partial charge in [0.15, 0.2) is 0 Å². The van der Waals surface area contributed by atoms with E-state index in [4.69, 9.17) is 0 Å². The fraction of sp³-hybridized carbons (Fsp3) is 0.231. The van der Waals surface area contributed by atoms with Crippen LogP contribution in [0.2, 0.25) is 0 Å². The Morgan fingerprint density at radius 3 is 2.29 bits per heavy atom. The molecule has 1 aliphatic heterocycles. The van der Waals surface area contributed by atoms with Crippen molar-refractivity contribution >= 4 is 5.69 Å². The highest BCUT2D eigenvalue weighted by atomic mass is 15.1. The maximum Gasteiger partial charge on any atom is 0.0414 e. The highest BCUT2D eigenvalue weighted by molar-refractivity contribution is 5.54. The predicted molar refractivity (Wildman–Crippen MR) is 61.5 cm³/mol. The monoisotopic (exact) mass is 185 g/mol. The number of aryl methyl sites for hydroxylation is 2. The minimum atomic E-state index is 0.972. The lowest BCUT2D eigenvalue weighted by Crippen LogP contribution is -2.17. The minimum absolute atomic E-state index is 0.972. The van der Waals surface area contributed by atoms with E-state index in [0.717, 1.165) is 6.54 Å². The number of anilines is 1. The molecular formula is C13H15N. The molecule has 0 aromatic heterocycles. The third-order valence-electron chi connectivity index (χ3n) is 2.35. The first-order valence-electron chi connectivity index (χ1n) is 4.94. The van der Waals surface area contributed by atoms with E-state index in [0.29, 0.717) is 0 Å². The molecule has 14 heavy (non-hydrogen) atoms. The third-order valence-corrected chi connectivity index (χ3v) is 2.35. The molecule has 0 bridgehead atoms. The number of hydrogen-bond acceptors (Lipinski definition) is 1. The van der Waals surface area contributed by atoms with E-state index in [-0.39, 0.29) is 0 Å². The van der Waals surface area contributed by atoms with Crippen LogP contribution in [-0.2, 0) is 0 Å². The normalized spacial score (nSPS) is 14.9. The van der Waals surface area contributed by atoms with Crippen LogP contribution in [-0.4, -0.2) is 6.54 Å². The molecule has 2 rings (SSSR count). The molecule has 1 aromatic carbocycles. The second-order valence-electron chi connectivity index (χ2n) is 3.77. The first-order chi connectivity index (χ1) is 6.75. The van der Waals surface area contributed by atoms with Gasteiger partial charge in [-0.3, -0.25) is 0 Å². The van der Waals surface area contributed by atoms with Gasteiger partial charge in [-0.1, -0.05) is 18.2 Å². The zero-order valence-electron chi connectivity index (χ0n) is 8.70. The number of allylic oxidation sites excluding steroid dienone is 2. The van der Waals surface area contributed by atoms with Crippen molar-refractivity contribution in [2.75, 3.05) is 11.4 Å². The fourth-order valence-corrected chi connectivity index (χ4v) is 1.78. The average molecular weight is 185 g/mol. The predicted octanol–water partition coefficient (Wildman–Crippen LogP) is 3.19. The summed E-state index contributed by atoms with van der Waals surface area (Å²) in [6.07, 6.45) is 8.44. The fourth-order valence-electron chi connectivity index (χ4n) is 1.78. The molecule has 72 valence electrons. The van der Waals surface area contributed by atoms with Gasteiger partial charge in [-0.25, -0.2) is 0 Å². The lowest BCUT2D eigenvalue weighted by atomic mass is 10.1. The Hall–Kier alpha value is -1.50. The quantitative estimate of drug-likeness (QED) is 0.649. The molecule has 1 aliphatic rings. The number of nitrogens with zero attached hydrogens (tertiary/aromatic N) is 1. The maximum atomic E-state index is 2.25. The van der Waals surface area contributed by atoms with Crippen molar-refractivity contribution < 1.29 is 0 Å². The first kappa shape index (κ1) is 9.07. The van der Waals surface area contributed by atoms with Crippen LogP contribution in [0.5, 0.6) is 0 Å². The topological polar surface area (TPSA) is 3.24 Å². The second kappa shape index (κ2) is 3.70. The minimum Gasteiger partial charge on any atom is -0.344 e. The van der Waals surface area contributed by atoms with Gasteiger partial charge in [0, 0.05) is 18.4 Å². The Morgan fingerprint density at radius 2 is 1.71 bits per heavy atom. The molecule has 0 saturated carbocycles. The van der Waals surface area contributed by atoms with Gasteiger partial charge < -0.3 is 4.90 Å². The zero-order valence-corrected chi connectivity index (χ0v) is 8.70. The number of hydrogen-bond donors (Lipinski definition) is 0. The average Bonchev–Trinajstić information content (AvgIpc) is 2.18. The summed E-state index contributed by atoms with van der Waals surface area (Å²) in [7, 11) is 0. The largest absolute Gasteiger partial charge is 0.344 e. The Bertz CT molecular complexity index is 368. The van der Waals surface area contributed by atoms with Gasteiger partial charge in [-0.05, 0) is 43.2 Å². The van der Waals surface area contributed by atoms with E-state index in [1.165, 1.54) is 16.8 Å². The van der Waals surface area contributed by atoms with Crippen LogP contribution >= 0.6 is 0 Å². The molecule has 1 heterocycles. The van der Waals surface area contributed by atoms with E-state index < -0.39 is 0 Å². The van der Waals surface area contributed by atoms with Gasteiger partial charge in [0.25, 0.3) is 0 Å². The summed E-state index contributed by atoms with van der Waals surface area (Å²) in [5.41, 5.74) is 3.93. The van der Waals surface area contributed by atoms with Gasteiger partial charge in [0.2, 0.25) is 0 Å². The smallest absolute Gasteiger partial charge is 0.0414 e. The van der Waals surface area contributed by atoms with Crippen molar-refractivity contribution in [1.29, 1.82) is 0 Å². The van der Waals surface area contributed by atoms with Crippen LogP contribution in [0.1, 0.15) is 11.1 Å². The highest BCUT2D eigenvalue weighted by Gasteiger charge is 2.03. The summed E-state index contributed by atoms with van der Waals surface area (Å²) in [4.78, 5) is 2.25. The van der Waals surface area contributed by atoms with E-state index in [1.807, 2.05) is 0 Å². The second-order valence-corrected chi connectivity index (χ2v) is 3.77. The van der Waals surface area contributed by atoms with Crippen molar-refractivity contribution in [2.24, 2.45) is 0 Å². The molecule has 0 unspecified atom stereocenters. The third kappa shape index (κ3) is 1.87. The van der Waals surface area contributed by atoms with Crippen molar-refractivity contribution in [2.45, 2.75) is 13.8 Å². The lowest BCUT2D eigenvalue weighted by Gasteiger charge is -2.21. The van der Waals surface area contributed by atoms with Crippen molar-refractivity contribution in [3.05, 3.63) is 53.8 Å². The summed E-state index contributed by atoms with van der Waals surface area (Å²) in [5.74, 6) is 0. The molecule has 1 heteroatoms. The first-order valence-corrected chi connectivity index (χ1v) is 4.94. The Balaban J connectivity index is 2.32. The van der Waals surface area contributed by atoms with Gasteiger partial charge in [0.05, 0.1) is 0 Å². The van der Waals surface area contributed by atoms with Crippen LogP contribution in [0.4, 0.5) is 5.69 Å². The molecule has 0 spiro atoms. The number of benzene rings is 1. The summed E-state index contributed by atoms with van der Waals surface area (Å²) >= 11 is 0. The molecule has 0 atom stereocenters. The van der Waals surface area contributed by atoms with Crippen LogP contribution < -0.4 is 4.90 Å². The molecule has 1 nitrogen and oxygen atoms in total. The summed E-state index contributed by atoms with van der Waals surface area (Å²) < 4.78 is 0. The summed E-state index contributed by atoms with van der Waals surface area (Å²) in [6.45, 7) is 5.25. The molecule has 0 amide bonds. The van der Waals surface area contributed by atoms with Gasteiger partial charge in [0.1, 0.15) is 0 Å². The van der Waals surface area contributed by atoms with Gasteiger partial charge in [-0.15, -0.1) is 0 Å². The van der Waals surface area contributed by atoms with E-state index >= 15 is 0 Å². The van der Waals surface area contributed by atoms with E-state index in [9.17, 15) is 0 Å². The SMILES string of the molecule is Cc1cc(C)cc(N2C=CC=CC2)c1. The van der Waals surface area contributed by atoms with Gasteiger partial charge in [-0.2, -0.15) is 0 Å². The molecule has 0 fully saturated rings. The molecular weight excluding hydrogens is 170 g/mol. The highest BCUT2D eigenvalue weighted by Crippen LogP contribution is 2.20. The van der Waals surface area contributed by atoms with E-state index in [2.05, 4.69) is 61.4 Å². The van der Waals surface area contributed by atoms with Gasteiger partial charge >= 0.3 is 0 Å². The van der Waals surface area contributed by atoms with Crippen LogP contribution in [0.3, 0.4) is 0 Å². The maximum absolute atomic E-state index is 2.25. The van der Waals surface area contributed by atoms with Crippen molar-refractivity contribution in [1.82, 2.24) is 0 Å². The van der Waals surface area contributed by atoms with Crippen molar-refractivity contribution in [3.8, 4) is 0 Å². The Morgan fingerprint density at radius 1 is 1.00 bits per heavy atom. The standard InChI is InChI=1S/C13H15N/c1-11-8-12(2)10-13(9-11)14-6-4-3-5-7-14/h3-6,8-10H,7H2,1-2H3. The lowest BCUT2D eigenvalue weighted by molar-refractivity contribution is 1.07. The molecule has 0 radical (unpaired) electrons. The molecule has 1 aromatic rings.